The van der Waals surface area contributed by atoms with Gasteiger partial charge in [0, 0.05) is 12.1 Å². The molecule has 0 heterocycles. The molecule has 1 rings (SSSR count). The van der Waals surface area contributed by atoms with E-state index >= 15 is 0 Å². The fourth-order valence-corrected chi connectivity index (χ4v) is 3.25. The van der Waals surface area contributed by atoms with Gasteiger partial charge in [-0.1, -0.05) is 23.2 Å². The zero-order valence-corrected chi connectivity index (χ0v) is 11.9. The molecule has 0 fully saturated rings. The van der Waals surface area contributed by atoms with Crippen molar-refractivity contribution in [3.8, 4) is 0 Å². The molecule has 0 saturated carbocycles. The SMILES string of the molecule is CC(C(=O)O)N(C)S(=O)(=O)c1cc(Cl)ccc1Cl. The number of rotatable bonds is 4. The molecule has 0 aliphatic heterocycles. The third-order valence-electron chi connectivity index (χ3n) is 2.45. The summed E-state index contributed by atoms with van der Waals surface area (Å²) in [4.78, 5) is 10.6. The van der Waals surface area contributed by atoms with Crippen LogP contribution < -0.4 is 0 Å². The number of carboxylic acid groups (broad SMARTS) is 1. The highest BCUT2D eigenvalue weighted by Gasteiger charge is 2.31. The fraction of sp³-hybridized carbons (Fsp3) is 0.300. The van der Waals surface area contributed by atoms with Crippen molar-refractivity contribution >= 4 is 39.2 Å². The number of hydrogen-bond donors (Lipinski definition) is 1. The van der Waals surface area contributed by atoms with Crippen LogP contribution in [0.15, 0.2) is 23.1 Å². The van der Waals surface area contributed by atoms with Crippen LogP contribution in [0.5, 0.6) is 0 Å². The molecule has 1 N–H and O–H groups in total. The number of benzene rings is 1. The molecule has 0 bridgehead atoms. The van der Waals surface area contributed by atoms with Crippen LogP contribution in [0.3, 0.4) is 0 Å². The second kappa shape index (κ2) is 5.44. The van der Waals surface area contributed by atoms with Crippen LogP contribution in [0.1, 0.15) is 6.92 Å². The largest absolute Gasteiger partial charge is 0.480 e. The normalized spacial score (nSPS) is 13.6. The maximum Gasteiger partial charge on any atom is 0.321 e. The summed E-state index contributed by atoms with van der Waals surface area (Å²) in [5, 5.41) is 9.01. The Morgan fingerprint density at radius 1 is 1.39 bits per heavy atom. The minimum absolute atomic E-state index is 0.0103. The Balaban J connectivity index is 3.29. The van der Waals surface area contributed by atoms with E-state index in [9.17, 15) is 13.2 Å². The molecule has 1 aromatic carbocycles. The monoisotopic (exact) mass is 311 g/mol. The summed E-state index contributed by atoms with van der Waals surface area (Å²) in [6, 6.07) is 2.77. The lowest BCUT2D eigenvalue weighted by Gasteiger charge is -2.21. The summed E-state index contributed by atoms with van der Waals surface area (Å²) < 4.78 is 25.1. The average molecular weight is 312 g/mol. The quantitative estimate of drug-likeness (QED) is 0.924. The van der Waals surface area contributed by atoms with Crippen LogP contribution in [0.2, 0.25) is 10.0 Å². The molecular weight excluding hydrogens is 301 g/mol. The molecule has 1 atom stereocenters. The molecule has 5 nitrogen and oxygen atoms in total. The van der Waals surface area contributed by atoms with Crippen LogP contribution in [-0.2, 0) is 14.8 Å². The molecule has 0 aromatic heterocycles. The van der Waals surface area contributed by atoms with Crippen LogP contribution >= 0.6 is 23.2 Å². The van der Waals surface area contributed by atoms with Gasteiger partial charge >= 0.3 is 5.97 Å². The lowest BCUT2D eigenvalue weighted by molar-refractivity contribution is -0.140. The number of sulfonamides is 1. The van der Waals surface area contributed by atoms with Crippen LogP contribution in [0, 0.1) is 0 Å². The van der Waals surface area contributed by atoms with Crippen LogP contribution in [0.25, 0.3) is 0 Å². The van der Waals surface area contributed by atoms with Gasteiger partial charge in [-0.05, 0) is 25.1 Å². The van der Waals surface area contributed by atoms with Crippen LogP contribution in [-0.4, -0.2) is 36.9 Å². The standard InChI is InChI=1S/C10H11Cl2NO4S/c1-6(10(14)15)13(2)18(16,17)9-5-7(11)3-4-8(9)12/h3-6H,1-2H3,(H,14,15). The summed E-state index contributed by atoms with van der Waals surface area (Å²) in [7, 11) is -2.83. The third-order valence-corrected chi connectivity index (χ3v) is 5.10. The van der Waals surface area contributed by atoms with Gasteiger partial charge in [-0.15, -0.1) is 0 Å². The lowest BCUT2D eigenvalue weighted by Crippen LogP contribution is -2.40. The van der Waals surface area contributed by atoms with Gasteiger partial charge in [-0.2, -0.15) is 4.31 Å². The zero-order valence-electron chi connectivity index (χ0n) is 9.59. The van der Waals surface area contributed by atoms with E-state index < -0.39 is 22.0 Å². The van der Waals surface area contributed by atoms with Gasteiger partial charge in [0.15, 0.2) is 0 Å². The number of hydrogen-bond acceptors (Lipinski definition) is 3. The number of likely N-dealkylation sites (N-methyl/N-ethyl adjacent to an activating group) is 1. The summed E-state index contributed by atoms with van der Waals surface area (Å²) in [5.41, 5.74) is 0. The second-order valence-corrected chi connectivity index (χ2v) is 6.42. The highest BCUT2D eigenvalue weighted by atomic mass is 35.5. The molecule has 0 aliphatic carbocycles. The predicted molar refractivity (Wildman–Crippen MR) is 68.5 cm³/mol. The summed E-state index contributed by atoms with van der Waals surface area (Å²) >= 11 is 11.5. The summed E-state index contributed by atoms with van der Waals surface area (Å²) in [5.74, 6) is -1.25. The lowest BCUT2D eigenvalue weighted by atomic mass is 10.4. The van der Waals surface area contributed by atoms with Gasteiger partial charge < -0.3 is 5.11 Å². The summed E-state index contributed by atoms with van der Waals surface area (Å²) in [6.07, 6.45) is 0. The molecule has 0 amide bonds. The van der Waals surface area contributed by atoms with Gasteiger partial charge in [-0.25, -0.2) is 8.42 Å². The first-order valence-electron chi connectivity index (χ1n) is 4.84. The molecule has 0 spiro atoms. The number of aliphatic carboxylic acids is 1. The topological polar surface area (TPSA) is 74.7 Å². The van der Waals surface area contributed by atoms with Gasteiger partial charge in [0.1, 0.15) is 10.9 Å². The van der Waals surface area contributed by atoms with E-state index in [-0.39, 0.29) is 14.9 Å². The molecular formula is C10H11Cl2NO4S. The zero-order chi connectivity index (χ0) is 14.1. The number of carbonyl (C=O) groups is 1. The van der Waals surface area contributed by atoms with E-state index in [1.54, 1.807) is 0 Å². The third kappa shape index (κ3) is 2.95. The van der Waals surface area contributed by atoms with Crippen molar-refractivity contribution < 1.29 is 18.3 Å². The molecule has 1 unspecified atom stereocenters. The first-order chi connectivity index (χ1) is 8.17. The maximum atomic E-state index is 12.2. The van der Waals surface area contributed by atoms with Crippen molar-refractivity contribution in [1.82, 2.24) is 4.31 Å². The van der Waals surface area contributed by atoms with E-state index in [0.29, 0.717) is 0 Å². The highest BCUT2D eigenvalue weighted by molar-refractivity contribution is 7.89. The van der Waals surface area contributed by atoms with Crippen molar-refractivity contribution in [2.24, 2.45) is 0 Å². The Hall–Kier alpha value is -0.820. The average Bonchev–Trinajstić information content (AvgIpc) is 2.29. The van der Waals surface area contributed by atoms with E-state index in [1.807, 2.05) is 0 Å². The Bertz CT molecular complexity index is 573. The molecule has 18 heavy (non-hydrogen) atoms. The highest BCUT2D eigenvalue weighted by Crippen LogP contribution is 2.27. The predicted octanol–water partition coefficient (Wildman–Crippen LogP) is 2.09. The minimum Gasteiger partial charge on any atom is -0.480 e. The van der Waals surface area contributed by atoms with Gasteiger partial charge in [0.05, 0.1) is 5.02 Å². The van der Waals surface area contributed by atoms with E-state index in [2.05, 4.69) is 0 Å². The molecule has 100 valence electrons. The van der Waals surface area contributed by atoms with E-state index in [0.717, 1.165) is 4.31 Å². The number of nitrogens with zero attached hydrogens (tertiary/aromatic N) is 1. The van der Waals surface area contributed by atoms with Crippen LogP contribution in [0.4, 0.5) is 0 Å². The minimum atomic E-state index is -4.00. The second-order valence-electron chi connectivity index (χ2n) is 3.61. The molecule has 0 aliphatic rings. The van der Waals surface area contributed by atoms with Crippen molar-refractivity contribution in [2.75, 3.05) is 7.05 Å². The number of carboxylic acids is 1. The molecule has 0 radical (unpaired) electrons. The van der Waals surface area contributed by atoms with Gasteiger partial charge in [-0.3, -0.25) is 4.79 Å². The number of halogens is 2. The smallest absolute Gasteiger partial charge is 0.321 e. The van der Waals surface area contributed by atoms with Crippen molar-refractivity contribution in [1.29, 1.82) is 0 Å². The summed E-state index contributed by atoms with van der Waals surface area (Å²) in [6.45, 7) is 1.26. The molecule has 1 aromatic rings. The fourth-order valence-electron chi connectivity index (χ4n) is 1.19. The molecule has 8 heteroatoms. The Morgan fingerprint density at radius 3 is 2.44 bits per heavy atom. The Labute approximate surface area is 115 Å². The van der Waals surface area contributed by atoms with Crippen molar-refractivity contribution in [2.45, 2.75) is 17.9 Å². The Kier molecular flexibility index (Phi) is 4.61. The van der Waals surface area contributed by atoms with Crippen molar-refractivity contribution in [3.05, 3.63) is 28.2 Å². The molecule has 0 saturated heterocycles. The van der Waals surface area contributed by atoms with E-state index in [1.165, 1.54) is 32.2 Å². The van der Waals surface area contributed by atoms with Crippen molar-refractivity contribution in [3.63, 3.8) is 0 Å². The van der Waals surface area contributed by atoms with Gasteiger partial charge in [0.25, 0.3) is 0 Å². The first kappa shape index (κ1) is 15.2. The maximum absolute atomic E-state index is 12.2. The first-order valence-corrected chi connectivity index (χ1v) is 7.03. The van der Waals surface area contributed by atoms with Gasteiger partial charge in [0.2, 0.25) is 10.0 Å². The Morgan fingerprint density at radius 2 is 1.94 bits per heavy atom. The van der Waals surface area contributed by atoms with E-state index in [4.69, 9.17) is 28.3 Å².